The third-order valence-electron chi connectivity index (χ3n) is 5.21. The maximum Gasteiger partial charge on any atom is 0.0213 e. The van der Waals surface area contributed by atoms with Crippen LogP contribution in [0.5, 0.6) is 0 Å². The standard InChI is InChI=1S/C12H24S2Si.C8H16S2Si.C7H14S2Si.C6H12S2Si/c1-11(2,3)9(13)7-10(14-8-15)12(4,5)6;1-3-7(9)5-8(4-2)10-6-11;1-3-7(9-5-10)4-6(2)8;1-5(7)3-6(2)8-4-9/h7H,8H2,1-6,15H3;5H,3-4,6H2,1-2,11H3;4H,3,5H2,1-2,10H3;3H,4H2,1-2,9H3/b10-7-;8-5-;7-4-;6-3-. The highest BCUT2D eigenvalue weighted by Crippen LogP contribution is 2.35. The van der Waals surface area contributed by atoms with Gasteiger partial charge in [-0.2, -0.15) is 0 Å². The Hall–Kier alpha value is 1.59. The molecule has 0 aliphatic carbocycles. The maximum atomic E-state index is 5.47. The minimum atomic E-state index is 0.109. The second-order valence-corrected chi connectivity index (χ2v) is 26.6. The fraction of sp³-hybridized carbons (Fsp3) is 0.636. The molecule has 0 fully saturated rings. The van der Waals surface area contributed by atoms with Crippen LogP contribution in [0.4, 0.5) is 0 Å². The van der Waals surface area contributed by atoms with Gasteiger partial charge in [-0.25, -0.2) is 0 Å². The zero-order valence-corrected chi connectivity index (χ0v) is 46.1. The highest BCUT2D eigenvalue weighted by Gasteiger charge is 2.21. The van der Waals surface area contributed by atoms with Crippen molar-refractivity contribution in [2.75, 3.05) is 21.5 Å². The largest absolute Gasteiger partial charge is 0.135 e. The third kappa shape index (κ3) is 38.2. The number of hydrogen-bond acceptors (Lipinski definition) is 8. The molecule has 0 atom stereocenters. The average Bonchev–Trinajstić information content (AvgIpc) is 2.91. The predicted molar refractivity (Wildman–Crippen MR) is 259 cm³/mol. The molecule has 0 aromatic rings. The maximum absolute atomic E-state index is 5.47. The van der Waals surface area contributed by atoms with Crippen molar-refractivity contribution in [2.24, 2.45) is 10.8 Å². The Balaban J connectivity index is -0.000000254. The molecule has 0 rings (SSSR count). The highest BCUT2D eigenvalue weighted by atomic mass is 32.2. The lowest BCUT2D eigenvalue weighted by molar-refractivity contribution is 0.532. The van der Waals surface area contributed by atoms with Crippen LogP contribution in [0.15, 0.2) is 43.9 Å². The summed E-state index contributed by atoms with van der Waals surface area (Å²) in [5.74, 6) is 0. The summed E-state index contributed by atoms with van der Waals surface area (Å²) in [4.78, 5) is 9.79. The first kappa shape index (κ1) is 53.4. The van der Waals surface area contributed by atoms with E-state index in [1.807, 2.05) is 60.9 Å². The quantitative estimate of drug-likeness (QED) is 0.0904. The lowest BCUT2D eigenvalue weighted by atomic mass is 9.88. The Morgan fingerprint density at radius 1 is 0.533 bits per heavy atom. The monoisotopic (exact) mass is 830 g/mol. The van der Waals surface area contributed by atoms with Gasteiger partial charge in [0.15, 0.2) is 0 Å². The molecule has 0 N–H and O–H groups in total. The Morgan fingerprint density at radius 2 is 0.933 bits per heavy atom. The second-order valence-electron chi connectivity index (χ2n) is 11.8. The van der Waals surface area contributed by atoms with Crippen LogP contribution in [0, 0.1) is 10.8 Å². The van der Waals surface area contributed by atoms with E-state index in [0.29, 0.717) is 0 Å². The van der Waals surface area contributed by atoms with Gasteiger partial charge in [0.1, 0.15) is 0 Å². The third-order valence-corrected chi connectivity index (χ3v) is 14.4. The number of thioether (sulfide) groups is 4. The first-order valence-corrected chi connectivity index (χ1v) is 27.3. The van der Waals surface area contributed by atoms with Crippen LogP contribution < -0.4 is 0 Å². The van der Waals surface area contributed by atoms with Gasteiger partial charge in [-0.05, 0) is 116 Å². The number of hydrogen-bond donors (Lipinski definition) is 0. The van der Waals surface area contributed by atoms with Crippen LogP contribution in [-0.2, 0) is 0 Å². The van der Waals surface area contributed by atoms with Gasteiger partial charge in [-0.15, -0.1) is 47.0 Å². The summed E-state index contributed by atoms with van der Waals surface area (Å²) in [6.07, 6.45) is 11.8. The van der Waals surface area contributed by atoms with Crippen LogP contribution in [0.25, 0.3) is 0 Å². The molecule has 0 heterocycles. The van der Waals surface area contributed by atoms with E-state index in [9.17, 15) is 0 Å². The van der Waals surface area contributed by atoms with Crippen LogP contribution in [0.2, 0.25) is 0 Å². The van der Waals surface area contributed by atoms with E-state index in [-0.39, 0.29) is 10.8 Å². The molecule has 45 heavy (non-hydrogen) atoms. The highest BCUT2D eigenvalue weighted by molar-refractivity contribution is 8.04. The van der Waals surface area contributed by atoms with Gasteiger partial charge < -0.3 is 0 Å². The van der Waals surface area contributed by atoms with Gasteiger partial charge in [0.25, 0.3) is 0 Å². The fourth-order valence-electron chi connectivity index (χ4n) is 2.89. The van der Waals surface area contributed by atoms with Crippen molar-refractivity contribution in [3.05, 3.63) is 43.9 Å². The Morgan fingerprint density at radius 3 is 1.22 bits per heavy atom. The number of allylic oxidation sites excluding steroid dienone is 8. The van der Waals surface area contributed by atoms with Crippen molar-refractivity contribution < 1.29 is 0 Å². The van der Waals surface area contributed by atoms with E-state index < -0.39 is 0 Å². The molecule has 0 saturated carbocycles. The fourth-order valence-corrected chi connectivity index (χ4v) is 11.6. The molecule has 0 nitrogen and oxygen atoms in total. The van der Waals surface area contributed by atoms with E-state index in [2.05, 4.69) is 93.5 Å². The molecule has 0 aromatic heterocycles. The zero-order chi connectivity index (χ0) is 36.2. The molecular formula is C33H66S8Si4. The summed E-state index contributed by atoms with van der Waals surface area (Å²) in [5, 5.41) is 5.08. The zero-order valence-electron chi connectivity index (χ0n) is 31.5. The Kier molecular flexibility index (Phi) is 38.9. The van der Waals surface area contributed by atoms with Crippen molar-refractivity contribution in [1.82, 2.24) is 0 Å². The van der Waals surface area contributed by atoms with Crippen LogP contribution in [0.1, 0.15) is 102 Å². The minimum Gasteiger partial charge on any atom is -0.135 e. The van der Waals surface area contributed by atoms with Crippen molar-refractivity contribution in [3.8, 4) is 0 Å². The molecule has 0 bridgehead atoms. The summed E-state index contributed by atoms with van der Waals surface area (Å²) in [6.45, 7) is 25.8. The Labute approximate surface area is 331 Å². The van der Waals surface area contributed by atoms with Crippen LogP contribution in [-0.4, -0.2) is 81.9 Å². The van der Waals surface area contributed by atoms with Crippen LogP contribution in [0.3, 0.4) is 0 Å². The van der Waals surface area contributed by atoms with E-state index >= 15 is 0 Å². The number of thiocarbonyl (C=S) groups is 4. The van der Waals surface area contributed by atoms with Crippen molar-refractivity contribution in [1.29, 1.82) is 0 Å². The van der Waals surface area contributed by atoms with E-state index in [4.69, 9.17) is 48.9 Å². The van der Waals surface area contributed by atoms with Gasteiger partial charge >= 0.3 is 0 Å². The van der Waals surface area contributed by atoms with Gasteiger partial charge in [0, 0.05) is 60.4 Å². The summed E-state index contributed by atoms with van der Waals surface area (Å²) in [7, 11) is 5.05. The second kappa shape index (κ2) is 32.8. The lowest BCUT2D eigenvalue weighted by Crippen LogP contribution is -2.18. The smallest absolute Gasteiger partial charge is 0.0213 e. The number of rotatable bonds is 15. The van der Waals surface area contributed by atoms with Gasteiger partial charge in [0.2, 0.25) is 0 Å². The first-order chi connectivity index (χ1) is 20.7. The first-order valence-electron chi connectivity index (χ1n) is 16.1. The summed E-state index contributed by atoms with van der Waals surface area (Å²) < 4.78 is 0. The molecular weight excluding hydrogens is 765 g/mol. The molecule has 0 radical (unpaired) electrons. The van der Waals surface area contributed by atoms with E-state index in [1.54, 1.807) is 0 Å². The SMILES string of the molecule is CC(=S)/C=C(/C)SC[SiH3].CC(C)(C)C(=S)/C=C(\SC[SiH3])C(C)(C)C.CC/C(=C/C(C)=S)SC[SiH3].CCC(=S)/C=C(/CC)SC[SiH3]. The average molecular weight is 832 g/mol. The molecule has 0 spiro atoms. The summed E-state index contributed by atoms with van der Waals surface area (Å²) >= 11 is 28.2. The molecule has 0 saturated heterocycles. The van der Waals surface area contributed by atoms with Crippen LogP contribution >= 0.6 is 95.9 Å². The minimum absolute atomic E-state index is 0.109. The molecule has 262 valence electrons. The predicted octanol–water partition coefficient (Wildman–Crippen LogP) is 8.57. The van der Waals surface area contributed by atoms with E-state index in [0.717, 1.165) is 38.7 Å². The summed E-state index contributed by atoms with van der Waals surface area (Å²) in [5.41, 5.74) is 0.335. The van der Waals surface area contributed by atoms with Crippen molar-refractivity contribution >= 4 is 156 Å². The molecule has 0 amide bonds. The molecule has 0 aliphatic rings. The van der Waals surface area contributed by atoms with Crippen molar-refractivity contribution in [2.45, 2.75) is 102 Å². The molecule has 0 unspecified atom stereocenters. The summed E-state index contributed by atoms with van der Waals surface area (Å²) in [6, 6.07) is 0. The van der Waals surface area contributed by atoms with Gasteiger partial charge in [-0.3, -0.25) is 0 Å². The topological polar surface area (TPSA) is 0 Å². The molecule has 12 heteroatoms. The van der Waals surface area contributed by atoms with Gasteiger partial charge in [-0.1, -0.05) is 111 Å². The van der Waals surface area contributed by atoms with E-state index in [1.165, 1.54) is 82.1 Å². The molecule has 0 aromatic carbocycles. The van der Waals surface area contributed by atoms with Gasteiger partial charge in [0.05, 0.1) is 0 Å². The van der Waals surface area contributed by atoms with Crippen molar-refractivity contribution in [3.63, 3.8) is 0 Å². The lowest BCUT2D eigenvalue weighted by Gasteiger charge is -2.25. The molecule has 0 aliphatic heterocycles. The normalized spacial score (nSPS) is 12.8. The Bertz CT molecular complexity index is 986.